The van der Waals surface area contributed by atoms with E-state index in [1.54, 1.807) is 6.20 Å². The number of aromatic nitrogens is 1. The van der Waals surface area contributed by atoms with Crippen molar-refractivity contribution in [3.8, 4) is 0 Å². The van der Waals surface area contributed by atoms with Crippen molar-refractivity contribution in [3.63, 3.8) is 0 Å². The average molecular weight is 300 g/mol. The number of halogens is 1. The number of hydrogen-bond acceptors (Lipinski definition) is 3. The molecule has 1 aromatic heterocycles. The number of aryl methyl sites for hydroxylation is 1. The van der Waals surface area contributed by atoms with Crippen LogP contribution >= 0.6 is 15.9 Å². The molecule has 0 aliphatic rings. The molecule has 0 saturated carbocycles. The molecular weight excluding hydrogens is 282 g/mol. The normalized spacial score (nSPS) is 12.2. The minimum Gasteiger partial charge on any atom is -0.310 e. The van der Waals surface area contributed by atoms with E-state index in [-0.39, 0.29) is 5.91 Å². The number of nitrogens with zero attached hydrogens (tertiary/aromatic N) is 1. The maximum atomic E-state index is 11.6. The van der Waals surface area contributed by atoms with Crippen LogP contribution in [0.25, 0.3) is 0 Å². The molecule has 2 N–H and O–H groups in total. The number of pyridine rings is 1. The lowest BCUT2D eigenvalue weighted by molar-refractivity contribution is -0.115. The van der Waals surface area contributed by atoms with Crippen molar-refractivity contribution in [1.82, 2.24) is 10.3 Å². The van der Waals surface area contributed by atoms with Gasteiger partial charge in [0.15, 0.2) is 0 Å². The van der Waals surface area contributed by atoms with E-state index in [0.717, 1.165) is 16.5 Å². The molecule has 1 amide bonds. The maximum absolute atomic E-state index is 11.6. The predicted octanol–water partition coefficient (Wildman–Crippen LogP) is 2.48. The summed E-state index contributed by atoms with van der Waals surface area (Å²) in [6, 6.07) is 2.19. The van der Waals surface area contributed by atoms with Crippen LogP contribution in [-0.4, -0.2) is 23.5 Å². The number of anilines is 1. The standard InChI is InChI=1S/C12H18BrN3O/c1-4-9(3)14-7-12(17)16-11-5-8(2)10(13)6-15-11/h5-6,9,14H,4,7H2,1-3H3,(H,15,16,17). The fourth-order valence-corrected chi connectivity index (χ4v) is 1.42. The van der Waals surface area contributed by atoms with Crippen molar-refractivity contribution in [3.05, 3.63) is 22.3 Å². The number of nitrogens with one attached hydrogen (secondary N) is 2. The van der Waals surface area contributed by atoms with Crippen LogP contribution in [0.2, 0.25) is 0 Å². The largest absolute Gasteiger partial charge is 0.310 e. The zero-order chi connectivity index (χ0) is 12.8. The van der Waals surface area contributed by atoms with E-state index in [9.17, 15) is 4.79 Å². The van der Waals surface area contributed by atoms with Crippen molar-refractivity contribution in [2.45, 2.75) is 33.2 Å². The quantitative estimate of drug-likeness (QED) is 0.878. The molecule has 1 heterocycles. The van der Waals surface area contributed by atoms with Gasteiger partial charge in [-0.25, -0.2) is 4.98 Å². The van der Waals surface area contributed by atoms with Crippen molar-refractivity contribution in [2.24, 2.45) is 0 Å². The molecule has 0 bridgehead atoms. The van der Waals surface area contributed by atoms with Crippen molar-refractivity contribution in [1.29, 1.82) is 0 Å². The van der Waals surface area contributed by atoms with Gasteiger partial charge >= 0.3 is 0 Å². The molecule has 1 atom stereocenters. The third kappa shape index (κ3) is 4.83. The van der Waals surface area contributed by atoms with E-state index in [0.29, 0.717) is 18.4 Å². The Morgan fingerprint density at radius 1 is 1.59 bits per heavy atom. The monoisotopic (exact) mass is 299 g/mol. The maximum Gasteiger partial charge on any atom is 0.239 e. The fourth-order valence-electron chi connectivity index (χ4n) is 1.21. The first kappa shape index (κ1) is 14.1. The van der Waals surface area contributed by atoms with Crippen LogP contribution < -0.4 is 10.6 Å². The van der Waals surface area contributed by atoms with Crippen LogP contribution in [0.1, 0.15) is 25.8 Å². The summed E-state index contributed by atoms with van der Waals surface area (Å²) in [6.07, 6.45) is 2.69. The minimum atomic E-state index is -0.0699. The lowest BCUT2D eigenvalue weighted by Crippen LogP contribution is -2.34. The molecule has 94 valence electrons. The van der Waals surface area contributed by atoms with E-state index >= 15 is 0 Å². The number of amides is 1. The second-order valence-electron chi connectivity index (χ2n) is 4.06. The predicted molar refractivity (Wildman–Crippen MR) is 73.1 cm³/mol. The number of rotatable bonds is 5. The Morgan fingerprint density at radius 2 is 2.29 bits per heavy atom. The molecule has 0 radical (unpaired) electrons. The summed E-state index contributed by atoms with van der Waals surface area (Å²) in [5, 5.41) is 5.89. The van der Waals surface area contributed by atoms with Gasteiger partial charge in [-0.05, 0) is 47.8 Å². The van der Waals surface area contributed by atoms with Crippen LogP contribution in [0, 0.1) is 6.92 Å². The molecule has 1 rings (SSSR count). The van der Waals surface area contributed by atoms with Gasteiger partial charge in [-0.15, -0.1) is 0 Å². The zero-order valence-electron chi connectivity index (χ0n) is 10.4. The first-order valence-corrected chi connectivity index (χ1v) is 6.47. The van der Waals surface area contributed by atoms with Crippen LogP contribution in [0.3, 0.4) is 0 Å². The topological polar surface area (TPSA) is 54.0 Å². The first-order valence-electron chi connectivity index (χ1n) is 5.68. The van der Waals surface area contributed by atoms with Crippen LogP contribution in [0.15, 0.2) is 16.7 Å². The summed E-state index contributed by atoms with van der Waals surface area (Å²) in [5.41, 5.74) is 1.05. The van der Waals surface area contributed by atoms with Gasteiger partial charge in [-0.2, -0.15) is 0 Å². The van der Waals surface area contributed by atoms with Gasteiger partial charge in [0.05, 0.1) is 6.54 Å². The molecule has 1 unspecified atom stereocenters. The van der Waals surface area contributed by atoms with E-state index < -0.39 is 0 Å². The Labute approximate surface area is 110 Å². The summed E-state index contributed by atoms with van der Waals surface area (Å²) in [6.45, 7) is 6.40. The molecule has 0 aliphatic heterocycles. The Bertz CT molecular complexity index is 395. The Hall–Kier alpha value is -0.940. The van der Waals surface area contributed by atoms with E-state index in [4.69, 9.17) is 0 Å². The highest BCUT2D eigenvalue weighted by Crippen LogP contribution is 2.16. The summed E-state index contributed by atoms with van der Waals surface area (Å²) >= 11 is 3.37. The lowest BCUT2D eigenvalue weighted by Gasteiger charge is -2.11. The van der Waals surface area contributed by atoms with Gasteiger partial charge in [0.25, 0.3) is 0 Å². The second-order valence-corrected chi connectivity index (χ2v) is 4.91. The highest BCUT2D eigenvalue weighted by molar-refractivity contribution is 9.10. The first-order chi connectivity index (χ1) is 8.02. The van der Waals surface area contributed by atoms with Gasteiger partial charge in [-0.1, -0.05) is 6.92 Å². The van der Waals surface area contributed by atoms with Gasteiger partial charge in [0.2, 0.25) is 5.91 Å². The molecule has 0 saturated heterocycles. The molecule has 0 fully saturated rings. The van der Waals surface area contributed by atoms with Crippen molar-refractivity contribution >= 4 is 27.7 Å². The zero-order valence-corrected chi connectivity index (χ0v) is 12.0. The lowest BCUT2D eigenvalue weighted by atomic mass is 10.2. The summed E-state index contributed by atoms with van der Waals surface area (Å²) in [5.74, 6) is 0.515. The van der Waals surface area contributed by atoms with Gasteiger partial charge < -0.3 is 10.6 Å². The number of hydrogen-bond donors (Lipinski definition) is 2. The fraction of sp³-hybridized carbons (Fsp3) is 0.500. The van der Waals surface area contributed by atoms with Gasteiger partial charge in [0.1, 0.15) is 5.82 Å². The molecule has 0 aromatic carbocycles. The third-order valence-corrected chi connectivity index (χ3v) is 3.37. The molecule has 0 spiro atoms. The molecule has 1 aromatic rings. The Kier molecular flexibility index (Phi) is 5.58. The highest BCUT2D eigenvalue weighted by atomic mass is 79.9. The summed E-state index contributed by atoms with van der Waals surface area (Å²) in [4.78, 5) is 15.7. The number of carbonyl (C=O) groups excluding carboxylic acids is 1. The average Bonchev–Trinajstić information content (AvgIpc) is 2.31. The third-order valence-electron chi connectivity index (χ3n) is 2.54. The molecule has 4 nitrogen and oxygen atoms in total. The second kappa shape index (κ2) is 6.71. The van der Waals surface area contributed by atoms with Gasteiger partial charge in [-0.3, -0.25) is 4.79 Å². The van der Waals surface area contributed by atoms with E-state index in [1.807, 2.05) is 13.0 Å². The molecule has 5 heteroatoms. The van der Waals surface area contributed by atoms with E-state index in [2.05, 4.69) is 45.4 Å². The highest BCUT2D eigenvalue weighted by Gasteiger charge is 2.06. The molecular formula is C12H18BrN3O. The Morgan fingerprint density at radius 3 is 2.88 bits per heavy atom. The van der Waals surface area contributed by atoms with Crippen molar-refractivity contribution in [2.75, 3.05) is 11.9 Å². The van der Waals surface area contributed by atoms with E-state index in [1.165, 1.54) is 0 Å². The molecule has 17 heavy (non-hydrogen) atoms. The SMILES string of the molecule is CCC(C)NCC(=O)Nc1cc(C)c(Br)cn1. The van der Waals surface area contributed by atoms with Gasteiger partial charge in [0, 0.05) is 16.7 Å². The van der Waals surface area contributed by atoms with Crippen LogP contribution in [0.5, 0.6) is 0 Å². The number of carbonyl (C=O) groups is 1. The molecule has 0 aliphatic carbocycles. The van der Waals surface area contributed by atoms with Crippen LogP contribution in [0.4, 0.5) is 5.82 Å². The smallest absolute Gasteiger partial charge is 0.239 e. The minimum absolute atomic E-state index is 0.0699. The summed E-state index contributed by atoms with van der Waals surface area (Å²) in [7, 11) is 0. The summed E-state index contributed by atoms with van der Waals surface area (Å²) < 4.78 is 0.938. The van der Waals surface area contributed by atoms with Crippen molar-refractivity contribution < 1.29 is 4.79 Å². The Balaban J connectivity index is 2.48. The van der Waals surface area contributed by atoms with Crippen LogP contribution in [-0.2, 0) is 4.79 Å².